The average molecular weight is 299 g/mol. The van der Waals surface area contributed by atoms with Crippen molar-refractivity contribution >= 4 is 35.1 Å². The van der Waals surface area contributed by atoms with E-state index in [0.717, 1.165) is 5.03 Å². The zero-order valence-electron chi connectivity index (χ0n) is 10.1. The van der Waals surface area contributed by atoms with Gasteiger partial charge in [-0.1, -0.05) is 16.8 Å². The number of aromatic nitrogens is 3. The lowest BCUT2D eigenvalue weighted by Gasteiger charge is -2.01. The monoisotopic (exact) mass is 298 g/mol. The summed E-state index contributed by atoms with van der Waals surface area (Å²) in [7, 11) is 0. The molecule has 0 spiro atoms. The predicted octanol–water partition coefficient (Wildman–Crippen LogP) is 2.55. The van der Waals surface area contributed by atoms with E-state index in [-0.39, 0.29) is 5.91 Å². The van der Waals surface area contributed by atoms with Gasteiger partial charge in [0.25, 0.3) is 0 Å². The van der Waals surface area contributed by atoms with E-state index in [1.807, 2.05) is 0 Å². The number of carbonyl (C=O) groups is 1. The first-order valence-corrected chi connectivity index (χ1v) is 6.85. The van der Waals surface area contributed by atoms with Crippen LogP contribution in [0, 0.1) is 6.92 Å². The molecule has 0 bridgehead atoms. The Kier molecular flexibility index (Phi) is 4.75. The van der Waals surface area contributed by atoms with Gasteiger partial charge in [0.05, 0.1) is 0 Å². The first-order valence-electron chi connectivity index (χ1n) is 5.49. The van der Waals surface area contributed by atoms with Gasteiger partial charge >= 0.3 is 0 Å². The van der Waals surface area contributed by atoms with Crippen molar-refractivity contribution in [2.45, 2.75) is 18.4 Å². The van der Waals surface area contributed by atoms with Crippen LogP contribution < -0.4 is 5.32 Å². The van der Waals surface area contributed by atoms with E-state index in [1.54, 1.807) is 25.1 Å². The van der Waals surface area contributed by atoms with Gasteiger partial charge < -0.3 is 9.84 Å². The van der Waals surface area contributed by atoms with Gasteiger partial charge in [0.15, 0.2) is 11.0 Å². The first kappa shape index (κ1) is 13.8. The van der Waals surface area contributed by atoms with Gasteiger partial charge in [0.1, 0.15) is 10.8 Å². The SMILES string of the molecule is Cc1cc(NC(=O)CCSc2ccc(Cl)nn2)no1. The van der Waals surface area contributed by atoms with Crippen molar-refractivity contribution in [3.8, 4) is 0 Å². The Balaban J connectivity index is 1.73. The number of nitrogens with one attached hydrogen (secondary N) is 1. The zero-order chi connectivity index (χ0) is 13.7. The number of anilines is 1. The van der Waals surface area contributed by atoms with Crippen molar-refractivity contribution in [3.63, 3.8) is 0 Å². The summed E-state index contributed by atoms with van der Waals surface area (Å²) in [6.45, 7) is 1.76. The van der Waals surface area contributed by atoms with E-state index < -0.39 is 0 Å². The Bertz CT molecular complexity index is 558. The molecule has 0 radical (unpaired) electrons. The lowest BCUT2D eigenvalue weighted by Crippen LogP contribution is -2.12. The maximum absolute atomic E-state index is 11.6. The van der Waals surface area contributed by atoms with Crippen LogP contribution in [0.15, 0.2) is 27.7 Å². The van der Waals surface area contributed by atoms with Crippen LogP contribution in [-0.2, 0) is 4.79 Å². The second-order valence-electron chi connectivity index (χ2n) is 3.66. The van der Waals surface area contributed by atoms with E-state index in [0.29, 0.717) is 28.9 Å². The fraction of sp³-hybridized carbons (Fsp3) is 0.273. The number of thioether (sulfide) groups is 1. The highest BCUT2D eigenvalue weighted by Crippen LogP contribution is 2.16. The molecule has 0 saturated carbocycles. The van der Waals surface area contributed by atoms with Crippen molar-refractivity contribution in [2.24, 2.45) is 0 Å². The molecule has 2 heterocycles. The number of halogens is 1. The smallest absolute Gasteiger partial charge is 0.226 e. The number of amides is 1. The molecule has 0 aliphatic rings. The van der Waals surface area contributed by atoms with Crippen LogP contribution in [-0.4, -0.2) is 27.0 Å². The van der Waals surface area contributed by atoms with E-state index in [1.165, 1.54) is 11.8 Å². The topological polar surface area (TPSA) is 80.9 Å². The molecule has 100 valence electrons. The third kappa shape index (κ3) is 4.53. The van der Waals surface area contributed by atoms with Gasteiger partial charge in [-0.25, -0.2) is 0 Å². The van der Waals surface area contributed by atoms with Crippen LogP contribution in [0.3, 0.4) is 0 Å². The Morgan fingerprint density at radius 1 is 1.47 bits per heavy atom. The highest BCUT2D eigenvalue weighted by molar-refractivity contribution is 7.99. The van der Waals surface area contributed by atoms with Crippen molar-refractivity contribution in [2.75, 3.05) is 11.1 Å². The fourth-order valence-electron chi connectivity index (χ4n) is 1.26. The summed E-state index contributed by atoms with van der Waals surface area (Å²) >= 11 is 7.06. The predicted molar refractivity (Wildman–Crippen MR) is 72.3 cm³/mol. The molecule has 0 fully saturated rings. The van der Waals surface area contributed by atoms with E-state index in [2.05, 4.69) is 20.7 Å². The molecular weight excluding hydrogens is 288 g/mol. The second kappa shape index (κ2) is 6.53. The van der Waals surface area contributed by atoms with Gasteiger partial charge in [-0.05, 0) is 19.1 Å². The minimum Gasteiger partial charge on any atom is -0.360 e. The molecule has 0 saturated heterocycles. The third-order valence-electron chi connectivity index (χ3n) is 2.08. The third-order valence-corrected chi connectivity index (χ3v) is 3.21. The quantitative estimate of drug-likeness (QED) is 0.854. The number of rotatable bonds is 5. The van der Waals surface area contributed by atoms with Crippen molar-refractivity contribution in [1.29, 1.82) is 0 Å². The van der Waals surface area contributed by atoms with Crippen LogP contribution in [0.25, 0.3) is 0 Å². The molecule has 0 aromatic carbocycles. The van der Waals surface area contributed by atoms with E-state index in [9.17, 15) is 4.79 Å². The number of hydrogen-bond donors (Lipinski definition) is 1. The van der Waals surface area contributed by atoms with Crippen LogP contribution in [0.5, 0.6) is 0 Å². The molecule has 2 rings (SSSR count). The number of carbonyl (C=O) groups excluding carboxylic acids is 1. The lowest BCUT2D eigenvalue weighted by molar-refractivity contribution is -0.115. The zero-order valence-corrected chi connectivity index (χ0v) is 11.7. The molecule has 0 atom stereocenters. The Morgan fingerprint density at radius 2 is 2.32 bits per heavy atom. The van der Waals surface area contributed by atoms with Crippen LogP contribution in [0.1, 0.15) is 12.2 Å². The average Bonchev–Trinajstić information content (AvgIpc) is 2.77. The Morgan fingerprint density at radius 3 is 2.95 bits per heavy atom. The molecule has 0 unspecified atom stereocenters. The maximum Gasteiger partial charge on any atom is 0.226 e. The second-order valence-corrected chi connectivity index (χ2v) is 5.17. The largest absolute Gasteiger partial charge is 0.360 e. The molecule has 19 heavy (non-hydrogen) atoms. The van der Waals surface area contributed by atoms with Gasteiger partial charge in [-0.3, -0.25) is 4.79 Å². The molecule has 6 nitrogen and oxygen atoms in total. The van der Waals surface area contributed by atoms with Gasteiger partial charge in [0, 0.05) is 18.2 Å². The summed E-state index contributed by atoms with van der Waals surface area (Å²) in [6.07, 6.45) is 0.348. The molecular formula is C11H11ClN4O2S. The molecule has 0 aliphatic carbocycles. The molecule has 0 aliphatic heterocycles. The Labute approximate surface area is 118 Å². The summed E-state index contributed by atoms with van der Waals surface area (Å²) in [5.41, 5.74) is 0. The van der Waals surface area contributed by atoms with Crippen molar-refractivity contribution < 1.29 is 9.32 Å². The normalized spacial score (nSPS) is 10.4. The number of aryl methyl sites for hydroxylation is 1. The summed E-state index contributed by atoms with van der Waals surface area (Å²) in [5.74, 6) is 1.56. The molecule has 2 aromatic heterocycles. The summed E-state index contributed by atoms with van der Waals surface area (Å²) in [5, 5.41) is 15.0. The standard InChI is InChI=1S/C11H11ClN4O2S/c1-7-6-9(16-18-7)13-10(17)4-5-19-11-3-2-8(12)14-15-11/h2-3,6H,4-5H2,1H3,(H,13,16,17). The summed E-state index contributed by atoms with van der Waals surface area (Å²) in [6, 6.07) is 5.09. The van der Waals surface area contributed by atoms with E-state index >= 15 is 0 Å². The van der Waals surface area contributed by atoms with Crippen LogP contribution in [0.4, 0.5) is 5.82 Å². The molecule has 1 amide bonds. The highest BCUT2D eigenvalue weighted by atomic mass is 35.5. The molecule has 2 aromatic rings. The summed E-state index contributed by atoms with van der Waals surface area (Å²) < 4.78 is 4.85. The fourth-order valence-corrected chi connectivity index (χ4v) is 2.12. The lowest BCUT2D eigenvalue weighted by atomic mass is 10.4. The van der Waals surface area contributed by atoms with E-state index in [4.69, 9.17) is 16.1 Å². The highest BCUT2D eigenvalue weighted by Gasteiger charge is 2.06. The van der Waals surface area contributed by atoms with Crippen LogP contribution >= 0.6 is 23.4 Å². The Hall–Kier alpha value is -1.60. The van der Waals surface area contributed by atoms with Crippen LogP contribution in [0.2, 0.25) is 5.15 Å². The molecule has 8 heteroatoms. The molecule has 1 N–H and O–H groups in total. The van der Waals surface area contributed by atoms with Crippen molar-refractivity contribution in [3.05, 3.63) is 29.1 Å². The number of nitrogens with zero attached hydrogens (tertiary/aromatic N) is 3. The minimum atomic E-state index is -0.122. The van der Waals surface area contributed by atoms with Gasteiger partial charge in [-0.2, -0.15) is 0 Å². The van der Waals surface area contributed by atoms with Gasteiger partial charge in [-0.15, -0.1) is 22.0 Å². The first-order chi connectivity index (χ1) is 9.13. The summed E-state index contributed by atoms with van der Waals surface area (Å²) in [4.78, 5) is 11.6. The van der Waals surface area contributed by atoms with Gasteiger partial charge in [0.2, 0.25) is 5.91 Å². The minimum absolute atomic E-state index is 0.122. The maximum atomic E-state index is 11.6. The van der Waals surface area contributed by atoms with Crippen molar-refractivity contribution in [1.82, 2.24) is 15.4 Å². The number of hydrogen-bond acceptors (Lipinski definition) is 6.